The molecule has 0 saturated carbocycles. The smallest absolute Gasteiger partial charge is 0.153 e. The van der Waals surface area contributed by atoms with Gasteiger partial charge in [-0.25, -0.2) is 0 Å². The molecule has 0 spiro atoms. The van der Waals surface area contributed by atoms with Crippen LogP contribution in [0.3, 0.4) is 0 Å². The Labute approximate surface area is 93.1 Å². The summed E-state index contributed by atoms with van der Waals surface area (Å²) in [6.07, 6.45) is 0. The number of ether oxygens (including phenoxy) is 1. The van der Waals surface area contributed by atoms with Gasteiger partial charge in [0.05, 0.1) is 6.61 Å². The Bertz CT molecular complexity index is 300. The van der Waals surface area contributed by atoms with E-state index in [9.17, 15) is 0 Å². The first-order valence-electron chi connectivity index (χ1n) is 4.17. The van der Waals surface area contributed by atoms with Crippen LogP contribution in [0.4, 0.5) is 5.69 Å². The summed E-state index contributed by atoms with van der Waals surface area (Å²) in [6, 6.07) is 7.56. The van der Waals surface area contributed by atoms with Gasteiger partial charge in [0.15, 0.2) is 4.32 Å². The van der Waals surface area contributed by atoms with Gasteiger partial charge in [-0.05, 0) is 43.1 Å². The zero-order valence-corrected chi connectivity index (χ0v) is 9.45. The zero-order valence-electron chi connectivity index (χ0n) is 7.82. The molecule has 0 aliphatic rings. The lowest BCUT2D eigenvalue weighted by atomic mass is 10.3. The van der Waals surface area contributed by atoms with Crippen molar-refractivity contribution in [2.24, 2.45) is 5.14 Å². The molecule has 14 heavy (non-hydrogen) atoms. The molecule has 0 atom stereocenters. The lowest BCUT2D eigenvalue weighted by Crippen LogP contribution is -2.06. The molecule has 0 fully saturated rings. The number of benzene rings is 1. The summed E-state index contributed by atoms with van der Waals surface area (Å²) in [4.78, 5) is 0. The van der Waals surface area contributed by atoms with Crippen LogP contribution in [0.15, 0.2) is 24.3 Å². The average Bonchev–Trinajstić information content (AvgIpc) is 2.21. The van der Waals surface area contributed by atoms with Gasteiger partial charge < -0.3 is 10.1 Å². The molecule has 0 bridgehead atoms. The number of anilines is 1. The second-order valence-corrected chi connectivity index (χ2v) is 3.80. The first-order valence-corrected chi connectivity index (χ1v) is 5.45. The molecule has 3 nitrogen and oxygen atoms in total. The van der Waals surface area contributed by atoms with Gasteiger partial charge in [-0.15, -0.1) is 0 Å². The van der Waals surface area contributed by atoms with Crippen LogP contribution in [0, 0.1) is 0 Å². The Morgan fingerprint density at radius 2 is 2.14 bits per heavy atom. The van der Waals surface area contributed by atoms with Crippen LogP contribution in [-0.4, -0.2) is 10.9 Å². The number of nitrogens with two attached hydrogens (primary N) is 1. The quantitative estimate of drug-likeness (QED) is 0.614. The van der Waals surface area contributed by atoms with Gasteiger partial charge in [-0.3, -0.25) is 5.14 Å². The highest BCUT2D eigenvalue weighted by Crippen LogP contribution is 2.16. The van der Waals surface area contributed by atoms with Crippen molar-refractivity contribution in [3.63, 3.8) is 0 Å². The lowest BCUT2D eigenvalue weighted by Gasteiger charge is -2.06. The van der Waals surface area contributed by atoms with Crippen molar-refractivity contribution in [2.45, 2.75) is 6.92 Å². The predicted molar refractivity (Wildman–Crippen MR) is 65.6 cm³/mol. The molecular weight excluding hydrogens is 216 g/mol. The van der Waals surface area contributed by atoms with Crippen molar-refractivity contribution < 1.29 is 4.74 Å². The first kappa shape index (κ1) is 11.3. The summed E-state index contributed by atoms with van der Waals surface area (Å²) in [5.74, 6) is 0.851. The molecule has 0 unspecified atom stereocenters. The second-order valence-electron chi connectivity index (χ2n) is 2.49. The minimum absolute atomic E-state index is 0.550. The van der Waals surface area contributed by atoms with E-state index in [1.54, 1.807) is 0 Å². The zero-order chi connectivity index (χ0) is 10.4. The van der Waals surface area contributed by atoms with Gasteiger partial charge >= 0.3 is 0 Å². The predicted octanol–water partition coefficient (Wildman–Crippen LogP) is 2.39. The molecular formula is C9H12N2OS2. The fourth-order valence-corrected chi connectivity index (χ4v) is 1.24. The molecule has 0 saturated heterocycles. The third kappa shape index (κ3) is 3.53. The number of nitrogens with one attached hydrogen (secondary N) is 1. The molecule has 0 radical (unpaired) electrons. The Balaban J connectivity index is 2.59. The summed E-state index contributed by atoms with van der Waals surface area (Å²) in [7, 11) is 0. The fraction of sp³-hybridized carbons (Fsp3) is 0.222. The van der Waals surface area contributed by atoms with E-state index in [0.29, 0.717) is 10.9 Å². The van der Waals surface area contributed by atoms with E-state index in [1.165, 1.54) is 0 Å². The summed E-state index contributed by atoms with van der Waals surface area (Å²) in [5, 5.41) is 8.26. The molecule has 1 aromatic carbocycles. The van der Waals surface area contributed by atoms with Crippen LogP contribution >= 0.6 is 24.2 Å². The second kappa shape index (κ2) is 5.85. The largest absolute Gasteiger partial charge is 0.494 e. The van der Waals surface area contributed by atoms with Crippen LogP contribution in [0.1, 0.15) is 6.92 Å². The molecule has 0 aromatic heterocycles. The van der Waals surface area contributed by atoms with Gasteiger partial charge in [0, 0.05) is 5.69 Å². The monoisotopic (exact) mass is 228 g/mol. The highest BCUT2D eigenvalue weighted by Gasteiger charge is 1.96. The summed E-state index contributed by atoms with van der Waals surface area (Å²) < 4.78 is 5.85. The molecule has 0 aliphatic carbocycles. The minimum atomic E-state index is 0.550. The van der Waals surface area contributed by atoms with Crippen molar-refractivity contribution >= 4 is 34.2 Å². The van der Waals surface area contributed by atoms with E-state index in [1.807, 2.05) is 31.2 Å². The topological polar surface area (TPSA) is 47.3 Å². The molecule has 0 heterocycles. The molecule has 3 N–H and O–H groups in total. The van der Waals surface area contributed by atoms with E-state index in [4.69, 9.17) is 22.1 Å². The highest BCUT2D eigenvalue weighted by atomic mass is 32.2. The number of hydrogen-bond acceptors (Lipinski definition) is 4. The number of rotatable bonds is 3. The maximum absolute atomic E-state index is 5.30. The van der Waals surface area contributed by atoms with Crippen LogP contribution < -0.4 is 15.2 Å². The normalized spacial score (nSPS) is 9.57. The van der Waals surface area contributed by atoms with Crippen molar-refractivity contribution in [1.82, 2.24) is 0 Å². The average molecular weight is 228 g/mol. The van der Waals surface area contributed by atoms with Gasteiger partial charge in [0.25, 0.3) is 0 Å². The summed E-state index contributed by atoms with van der Waals surface area (Å²) in [6.45, 7) is 2.62. The van der Waals surface area contributed by atoms with E-state index < -0.39 is 0 Å². The van der Waals surface area contributed by atoms with Gasteiger partial charge in [0.2, 0.25) is 0 Å². The highest BCUT2D eigenvalue weighted by molar-refractivity contribution is 8.21. The Morgan fingerprint density at radius 1 is 1.50 bits per heavy atom. The van der Waals surface area contributed by atoms with Gasteiger partial charge in [0.1, 0.15) is 5.75 Å². The molecule has 0 aliphatic heterocycles. The molecule has 5 heteroatoms. The number of thiocarbonyl (C=S) groups is 1. The summed E-state index contributed by atoms with van der Waals surface area (Å²) in [5.41, 5.74) is 0.913. The van der Waals surface area contributed by atoms with Crippen molar-refractivity contribution in [1.29, 1.82) is 0 Å². The number of hydrogen-bond donors (Lipinski definition) is 2. The Morgan fingerprint density at radius 3 is 2.64 bits per heavy atom. The third-order valence-electron chi connectivity index (χ3n) is 1.52. The van der Waals surface area contributed by atoms with Gasteiger partial charge in [-0.1, -0.05) is 12.2 Å². The van der Waals surface area contributed by atoms with Crippen molar-refractivity contribution in [3.05, 3.63) is 24.3 Å². The molecule has 0 amide bonds. The summed E-state index contributed by atoms with van der Waals surface area (Å²) >= 11 is 5.94. The SMILES string of the molecule is CCOc1ccc(NC(=S)SN)cc1. The van der Waals surface area contributed by atoms with E-state index in [0.717, 1.165) is 23.4 Å². The fourth-order valence-electron chi connectivity index (χ4n) is 0.948. The Kier molecular flexibility index (Phi) is 4.72. The Hall–Kier alpha value is -0.780. The first-order chi connectivity index (χ1) is 6.76. The van der Waals surface area contributed by atoms with E-state index in [-0.39, 0.29) is 0 Å². The van der Waals surface area contributed by atoms with E-state index >= 15 is 0 Å². The van der Waals surface area contributed by atoms with Gasteiger partial charge in [-0.2, -0.15) is 0 Å². The third-order valence-corrected chi connectivity index (χ3v) is 2.23. The minimum Gasteiger partial charge on any atom is -0.494 e. The molecule has 1 rings (SSSR count). The van der Waals surface area contributed by atoms with Crippen molar-refractivity contribution in [2.75, 3.05) is 11.9 Å². The standard InChI is InChI=1S/C9H12N2OS2/c1-2-12-8-5-3-7(4-6-8)11-9(13)14-10/h3-6H,2,10H2,1H3,(H,11,13). The van der Waals surface area contributed by atoms with Crippen LogP contribution in [0.5, 0.6) is 5.75 Å². The lowest BCUT2D eigenvalue weighted by molar-refractivity contribution is 0.340. The van der Waals surface area contributed by atoms with Crippen LogP contribution in [-0.2, 0) is 0 Å². The maximum atomic E-state index is 5.30. The van der Waals surface area contributed by atoms with Crippen LogP contribution in [0.25, 0.3) is 0 Å². The molecule has 76 valence electrons. The van der Waals surface area contributed by atoms with Crippen molar-refractivity contribution in [3.8, 4) is 5.75 Å². The van der Waals surface area contributed by atoms with E-state index in [2.05, 4.69) is 5.32 Å². The van der Waals surface area contributed by atoms with Crippen LogP contribution in [0.2, 0.25) is 0 Å². The molecule has 1 aromatic rings. The maximum Gasteiger partial charge on any atom is 0.153 e.